The average molecular weight is 346 g/mol. The number of hydrogen-bond donors (Lipinski definition) is 3. The topological polar surface area (TPSA) is 168 Å². The summed E-state index contributed by atoms with van der Waals surface area (Å²) in [5.74, 6) is -2.23. The number of nitrogens with zero attached hydrogens (tertiary/aromatic N) is 3. The summed E-state index contributed by atoms with van der Waals surface area (Å²) in [6.45, 7) is 0. The molecule has 0 spiro atoms. The zero-order valence-electron chi connectivity index (χ0n) is 12.3. The van der Waals surface area contributed by atoms with Crippen LogP contribution in [0, 0.1) is 20.2 Å². The molecule has 0 heterocycles. The molecule has 0 fully saturated rings. The Morgan fingerprint density at radius 3 is 2.40 bits per heavy atom. The van der Waals surface area contributed by atoms with Gasteiger partial charge in [0, 0.05) is 11.6 Å². The van der Waals surface area contributed by atoms with E-state index in [1.807, 2.05) is 5.43 Å². The normalized spacial score (nSPS) is 10.6. The number of carbonyl (C=O) groups excluding carboxylic acids is 1. The first-order valence-corrected chi connectivity index (χ1v) is 6.58. The number of benzene rings is 2. The van der Waals surface area contributed by atoms with Crippen LogP contribution in [-0.2, 0) is 0 Å². The molecule has 3 N–H and O–H groups in total. The number of carbonyl (C=O) groups is 1. The molecule has 0 aliphatic carbocycles. The summed E-state index contributed by atoms with van der Waals surface area (Å²) in [4.78, 5) is 31.7. The minimum Gasteiger partial charge on any atom is -0.507 e. The van der Waals surface area contributed by atoms with Gasteiger partial charge in [0.25, 0.3) is 11.6 Å². The van der Waals surface area contributed by atoms with Crippen molar-refractivity contribution in [2.45, 2.75) is 0 Å². The Bertz CT molecular complexity index is 895. The predicted molar refractivity (Wildman–Crippen MR) is 84.6 cm³/mol. The summed E-state index contributed by atoms with van der Waals surface area (Å²) in [6.07, 6.45) is 1.09. The van der Waals surface area contributed by atoms with Crippen molar-refractivity contribution in [3.8, 4) is 11.5 Å². The molecule has 2 aromatic carbocycles. The van der Waals surface area contributed by atoms with E-state index < -0.39 is 38.4 Å². The number of rotatable bonds is 5. The number of non-ortho nitro benzene ring substituents is 1. The van der Waals surface area contributed by atoms with Crippen LogP contribution in [-0.4, -0.2) is 32.2 Å². The maximum absolute atomic E-state index is 12.0. The van der Waals surface area contributed by atoms with E-state index in [9.17, 15) is 35.2 Å². The Kier molecular flexibility index (Phi) is 4.88. The van der Waals surface area contributed by atoms with E-state index in [2.05, 4.69) is 5.10 Å². The van der Waals surface area contributed by atoms with Crippen molar-refractivity contribution >= 4 is 23.5 Å². The highest BCUT2D eigenvalue weighted by Crippen LogP contribution is 2.34. The highest BCUT2D eigenvalue weighted by molar-refractivity contribution is 5.99. The van der Waals surface area contributed by atoms with Gasteiger partial charge in [-0.2, -0.15) is 5.10 Å². The number of nitro groups is 2. The molecule has 25 heavy (non-hydrogen) atoms. The van der Waals surface area contributed by atoms with Crippen molar-refractivity contribution in [1.82, 2.24) is 5.43 Å². The molecule has 11 heteroatoms. The van der Waals surface area contributed by atoms with E-state index in [1.165, 1.54) is 12.1 Å². The van der Waals surface area contributed by atoms with E-state index in [1.54, 1.807) is 12.1 Å². The van der Waals surface area contributed by atoms with Gasteiger partial charge in [-0.15, -0.1) is 0 Å². The van der Waals surface area contributed by atoms with Crippen LogP contribution in [0.25, 0.3) is 0 Å². The molecule has 0 saturated carbocycles. The van der Waals surface area contributed by atoms with Gasteiger partial charge in [0.15, 0.2) is 0 Å². The van der Waals surface area contributed by atoms with E-state index >= 15 is 0 Å². The Morgan fingerprint density at radius 2 is 1.80 bits per heavy atom. The summed E-state index contributed by atoms with van der Waals surface area (Å²) in [7, 11) is 0. The number of nitrogens with one attached hydrogen (secondary N) is 1. The second-order valence-corrected chi connectivity index (χ2v) is 4.63. The van der Waals surface area contributed by atoms with Crippen molar-refractivity contribution in [2.24, 2.45) is 5.10 Å². The molecule has 0 aliphatic heterocycles. The molecular weight excluding hydrogens is 336 g/mol. The zero-order valence-corrected chi connectivity index (χ0v) is 12.3. The largest absolute Gasteiger partial charge is 0.507 e. The Labute approximate surface area is 139 Å². The molecule has 11 nitrogen and oxygen atoms in total. The Balaban J connectivity index is 2.31. The smallest absolute Gasteiger partial charge is 0.318 e. The maximum Gasteiger partial charge on any atom is 0.318 e. The van der Waals surface area contributed by atoms with Gasteiger partial charge in [-0.3, -0.25) is 25.0 Å². The van der Waals surface area contributed by atoms with Crippen LogP contribution < -0.4 is 5.43 Å². The second-order valence-electron chi connectivity index (χ2n) is 4.63. The lowest BCUT2D eigenvalue weighted by atomic mass is 10.1. The summed E-state index contributed by atoms with van der Waals surface area (Å²) in [5, 5.41) is 44.5. The molecule has 128 valence electrons. The Hall–Kier alpha value is -4.02. The minimum absolute atomic E-state index is 0.102. The number of hydrazone groups is 1. The van der Waals surface area contributed by atoms with Crippen molar-refractivity contribution in [2.75, 3.05) is 0 Å². The molecule has 0 unspecified atom stereocenters. The van der Waals surface area contributed by atoms with E-state index in [4.69, 9.17) is 0 Å². The zero-order chi connectivity index (χ0) is 18.6. The lowest BCUT2D eigenvalue weighted by Gasteiger charge is -2.04. The van der Waals surface area contributed by atoms with Crippen LogP contribution in [0.15, 0.2) is 41.5 Å². The van der Waals surface area contributed by atoms with Gasteiger partial charge < -0.3 is 10.2 Å². The van der Waals surface area contributed by atoms with Crippen molar-refractivity contribution < 1.29 is 24.9 Å². The predicted octanol–water partition coefficient (Wildman–Crippen LogP) is 1.68. The number of aromatic hydroxyl groups is 2. The monoisotopic (exact) mass is 346 g/mol. The van der Waals surface area contributed by atoms with E-state index in [0.717, 1.165) is 6.21 Å². The third-order valence-electron chi connectivity index (χ3n) is 3.03. The fraction of sp³-hybridized carbons (Fsp3) is 0. The molecule has 0 atom stereocenters. The van der Waals surface area contributed by atoms with Gasteiger partial charge >= 0.3 is 5.69 Å². The lowest BCUT2D eigenvalue weighted by Crippen LogP contribution is -2.18. The first-order valence-electron chi connectivity index (χ1n) is 6.58. The van der Waals surface area contributed by atoms with Crippen LogP contribution in [0.1, 0.15) is 15.9 Å². The van der Waals surface area contributed by atoms with Crippen molar-refractivity contribution in [3.05, 3.63) is 67.8 Å². The molecular formula is C14H10N4O7. The van der Waals surface area contributed by atoms with Crippen LogP contribution in [0.4, 0.5) is 11.4 Å². The van der Waals surface area contributed by atoms with Gasteiger partial charge in [0.2, 0.25) is 5.75 Å². The average Bonchev–Trinajstić information content (AvgIpc) is 2.56. The molecule has 0 saturated heterocycles. The number of amides is 1. The maximum atomic E-state index is 12.0. The molecule has 1 amide bonds. The van der Waals surface area contributed by atoms with Crippen molar-refractivity contribution in [3.63, 3.8) is 0 Å². The number of phenols is 2. The fourth-order valence-corrected chi connectivity index (χ4v) is 1.84. The molecule has 0 radical (unpaired) electrons. The van der Waals surface area contributed by atoms with Crippen LogP contribution in [0.2, 0.25) is 0 Å². The standard InChI is InChI=1S/C14H10N4O7/c19-12-4-2-1-3-8(12)7-15-16-14(21)10-5-9(17(22)23)6-11(13(10)20)18(24)25/h1-7,19-20H,(H,16,21)/b15-7-. The number of para-hydroxylation sites is 1. The van der Waals surface area contributed by atoms with Gasteiger partial charge in [0.05, 0.1) is 27.7 Å². The summed E-state index contributed by atoms with van der Waals surface area (Å²) < 4.78 is 0. The third kappa shape index (κ3) is 3.85. The number of phenolic OH excluding ortho intramolecular Hbond substituents is 2. The van der Waals surface area contributed by atoms with Gasteiger partial charge in [-0.05, 0) is 12.1 Å². The SMILES string of the molecule is O=C(N/N=C\c1ccccc1O)c1cc([N+](=O)[O-])cc([N+](=O)[O-])c1O. The van der Waals surface area contributed by atoms with Gasteiger partial charge in [-0.1, -0.05) is 12.1 Å². The van der Waals surface area contributed by atoms with Crippen LogP contribution >= 0.6 is 0 Å². The number of hydrogen-bond acceptors (Lipinski definition) is 8. The fourth-order valence-electron chi connectivity index (χ4n) is 1.84. The molecule has 0 bridgehead atoms. The van der Waals surface area contributed by atoms with Gasteiger partial charge in [0.1, 0.15) is 5.75 Å². The highest BCUT2D eigenvalue weighted by Gasteiger charge is 2.27. The summed E-state index contributed by atoms with van der Waals surface area (Å²) in [5.41, 5.74) is -0.167. The minimum atomic E-state index is -1.10. The first-order chi connectivity index (χ1) is 11.8. The summed E-state index contributed by atoms with van der Waals surface area (Å²) >= 11 is 0. The highest BCUT2D eigenvalue weighted by atomic mass is 16.6. The second kappa shape index (κ2) is 7.04. The third-order valence-corrected chi connectivity index (χ3v) is 3.03. The number of nitro benzene ring substituents is 2. The Morgan fingerprint density at radius 1 is 1.12 bits per heavy atom. The van der Waals surface area contributed by atoms with E-state index in [-0.39, 0.29) is 11.3 Å². The molecule has 0 aliphatic rings. The first kappa shape index (κ1) is 17.3. The van der Waals surface area contributed by atoms with Gasteiger partial charge in [-0.25, -0.2) is 5.43 Å². The quantitative estimate of drug-likeness (QED) is 0.420. The van der Waals surface area contributed by atoms with E-state index in [0.29, 0.717) is 12.1 Å². The molecule has 2 aromatic rings. The van der Waals surface area contributed by atoms with Crippen LogP contribution in [0.5, 0.6) is 11.5 Å². The van der Waals surface area contributed by atoms with Crippen molar-refractivity contribution in [1.29, 1.82) is 0 Å². The summed E-state index contributed by atoms with van der Waals surface area (Å²) in [6, 6.07) is 7.30. The van der Waals surface area contributed by atoms with Crippen LogP contribution in [0.3, 0.4) is 0 Å². The lowest BCUT2D eigenvalue weighted by molar-refractivity contribution is -0.394. The molecule has 0 aromatic heterocycles. The molecule has 2 rings (SSSR count).